The van der Waals surface area contributed by atoms with Gasteiger partial charge in [0.25, 0.3) is 0 Å². The van der Waals surface area contributed by atoms with E-state index in [1.54, 1.807) is 11.3 Å². The number of carbonyl (C=O) groups is 4. The number of nitrogens with two attached hydrogens (primary N) is 2. The highest BCUT2D eigenvalue weighted by molar-refractivity contribution is 7.13. The predicted molar refractivity (Wildman–Crippen MR) is 214 cm³/mol. The molecule has 0 saturated carbocycles. The fourth-order valence-electron chi connectivity index (χ4n) is 6.45. The van der Waals surface area contributed by atoms with Crippen LogP contribution in [0.3, 0.4) is 0 Å². The molecule has 1 aliphatic rings. The lowest BCUT2D eigenvalue weighted by Gasteiger charge is -2.35. The second kappa shape index (κ2) is 20.6. The average molecular weight is 785 g/mol. The first-order chi connectivity index (χ1) is 25.1. The predicted octanol–water partition coefficient (Wildman–Crippen LogP) is 4.98. The maximum Gasteiger partial charge on any atom is 0.246 e. The molecule has 54 heavy (non-hydrogen) atoms. The van der Waals surface area contributed by atoms with Crippen LogP contribution in [0.1, 0.15) is 95.5 Å². The molecule has 1 fully saturated rings. The molecule has 1 aliphatic heterocycles. The van der Waals surface area contributed by atoms with Crippen LogP contribution in [-0.4, -0.2) is 76.0 Å². The number of thiazole rings is 1. The number of rotatable bonds is 18. The van der Waals surface area contributed by atoms with Crippen molar-refractivity contribution in [1.29, 1.82) is 0 Å². The molecule has 1 aromatic heterocycles. The molecule has 0 spiro atoms. The van der Waals surface area contributed by atoms with Crippen LogP contribution in [0.25, 0.3) is 10.4 Å². The van der Waals surface area contributed by atoms with E-state index in [0.717, 1.165) is 46.5 Å². The molecule has 0 radical (unpaired) electrons. The zero-order valence-electron chi connectivity index (χ0n) is 32.0. The van der Waals surface area contributed by atoms with Gasteiger partial charge in [-0.1, -0.05) is 63.6 Å². The molecule has 1 saturated heterocycles. The quantitative estimate of drug-likeness (QED) is 0.112. The third kappa shape index (κ3) is 13.1. The summed E-state index contributed by atoms with van der Waals surface area (Å²) in [6, 6.07) is 13.4. The molecule has 2 heterocycles. The van der Waals surface area contributed by atoms with Crippen molar-refractivity contribution in [3.63, 3.8) is 0 Å². The number of nitrogens with zero attached hydrogens (tertiary/aromatic N) is 2. The zero-order valence-corrected chi connectivity index (χ0v) is 33.6. The molecule has 0 unspecified atom stereocenters. The normalized spacial score (nSPS) is 17.2. The van der Waals surface area contributed by atoms with Crippen LogP contribution in [0, 0.1) is 12.3 Å². The van der Waals surface area contributed by atoms with Gasteiger partial charge in [-0.3, -0.25) is 19.2 Å². The van der Waals surface area contributed by atoms with Crippen LogP contribution in [0.2, 0.25) is 0 Å². The molecule has 5 atom stereocenters. The molecule has 296 valence electrons. The van der Waals surface area contributed by atoms with Gasteiger partial charge in [0, 0.05) is 31.8 Å². The minimum Gasteiger partial charge on any atom is -0.492 e. The van der Waals surface area contributed by atoms with E-state index in [0.29, 0.717) is 25.2 Å². The smallest absolute Gasteiger partial charge is 0.246 e. The van der Waals surface area contributed by atoms with Crippen molar-refractivity contribution >= 4 is 47.4 Å². The summed E-state index contributed by atoms with van der Waals surface area (Å²) in [7, 11) is 0. The molecule has 0 aliphatic carbocycles. The van der Waals surface area contributed by atoms with Crippen LogP contribution in [0.15, 0.2) is 54.0 Å². The van der Waals surface area contributed by atoms with Gasteiger partial charge in [-0.15, -0.1) is 23.7 Å². The highest BCUT2D eigenvalue weighted by Gasteiger charge is 2.44. The van der Waals surface area contributed by atoms with E-state index >= 15 is 0 Å². The summed E-state index contributed by atoms with van der Waals surface area (Å²) in [5.41, 5.74) is 16.4. The fraction of sp³-hybridized carbons (Fsp3) is 0.525. The minimum atomic E-state index is -0.873. The number of β-amino-alcohol motifs (C(OH)–C–C–N with tert-alkyl or cyclic N) is 1. The van der Waals surface area contributed by atoms with E-state index in [-0.39, 0.29) is 73.9 Å². The SMILES string of the molecule is Cc1ncsc1-c1ccc([C@H](C)NC(=O)[C@@H]2C[C@@H](O)CN2C(=O)[C@@H](NC(=O)CCCCCc2cccc(OC[C@@H](N)CCC(N)=O)c2)C(C)(C)C)cc1.Cl. The van der Waals surface area contributed by atoms with Crippen LogP contribution in [0.5, 0.6) is 5.75 Å². The topological polar surface area (TPSA) is 190 Å². The molecule has 4 amide bonds. The van der Waals surface area contributed by atoms with Crippen LogP contribution >= 0.6 is 23.7 Å². The van der Waals surface area contributed by atoms with Crippen molar-refractivity contribution in [3.05, 3.63) is 70.9 Å². The molecule has 7 N–H and O–H groups in total. The Kier molecular flexibility index (Phi) is 16.9. The number of primary amides is 1. The van der Waals surface area contributed by atoms with Crippen LogP contribution < -0.4 is 26.8 Å². The lowest BCUT2D eigenvalue weighted by atomic mass is 9.85. The van der Waals surface area contributed by atoms with Crippen molar-refractivity contribution in [2.24, 2.45) is 16.9 Å². The maximum absolute atomic E-state index is 14.0. The number of ether oxygens (including phenoxy) is 1. The zero-order chi connectivity index (χ0) is 38.7. The lowest BCUT2D eigenvalue weighted by molar-refractivity contribution is -0.144. The number of benzene rings is 2. The number of aryl methyl sites for hydroxylation is 2. The molecule has 0 bridgehead atoms. The summed E-state index contributed by atoms with van der Waals surface area (Å²) >= 11 is 1.58. The van der Waals surface area contributed by atoms with Gasteiger partial charge in [0.2, 0.25) is 23.6 Å². The average Bonchev–Trinajstić information content (AvgIpc) is 3.73. The largest absolute Gasteiger partial charge is 0.492 e. The Labute approximate surface area is 329 Å². The van der Waals surface area contributed by atoms with Gasteiger partial charge in [-0.2, -0.15) is 0 Å². The second-order valence-electron chi connectivity index (χ2n) is 15.2. The van der Waals surface area contributed by atoms with E-state index in [9.17, 15) is 24.3 Å². The van der Waals surface area contributed by atoms with Crippen molar-refractivity contribution < 1.29 is 29.0 Å². The number of nitrogens with one attached hydrogen (secondary N) is 2. The maximum atomic E-state index is 14.0. The summed E-state index contributed by atoms with van der Waals surface area (Å²) in [5, 5.41) is 16.6. The summed E-state index contributed by atoms with van der Waals surface area (Å²) in [6.45, 7) is 9.81. The summed E-state index contributed by atoms with van der Waals surface area (Å²) in [5.74, 6) is -0.623. The molecule has 4 rings (SSSR count). The van der Waals surface area contributed by atoms with Gasteiger partial charge in [-0.25, -0.2) is 4.98 Å². The monoisotopic (exact) mass is 784 g/mol. The number of carbonyl (C=O) groups excluding carboxylic acids is 4. The first-order valence-corrected chi connectivity index (χ1v) is 19.3. The highest BCUT2D eigenvalue weighted by Crippen LogP contribution is 2.30. The first-order valence-electron chi connectivity index (χ1n) is 18.5. The van der Waals surface area contributed by atoms with Gasteiger partial charge < -0.3 is 36.8 Å². The number of aromatic nitrogens is 1. The lowest BCUT2D eigenvalue weighted by Crippen LogP contribution is -2.57. The van der Waals surface area contributed by atoms with Gasteiger partial charge in [0.05, 0.1) is 28.2 Å². The van der Waals surface area contributed by atoms with Crippen molar-refractivity contribution in [2.75, 3.05) is 13.2 Å². The van der Waals surface area contributed by atoms with E-state index in [2.05, 4.69) is 15.6 Å². The summed E-state index contributed by atoms with van der Waals surface area (Å²) in [4.78, 5) is 58.5. The Morgan fingerprint density at radius 3 is 2.43 bits per heavy atom. The number of amides is 4. The minimum absolute atomic E-state index is 0. The van der Waals surface area contributed by atoms with Crippen molar-refractivity contribution in [3.8, 4) is 16.2 Å². The second-order valence-corrected chi connectivity index (χ2v) is 16.0. The van der Waals surface area contributed by atoms with E-state index < -0.39 is 23.6 Å². The molecule has 12 nitrogen and oxygen atoms in total. The Balaban J connectivity index is 0.00000784. The van der Waals surface area contributed by atoms with Crippen LogP contribution in [-0.2, 0) is 25.6 Å². The summed E-state index contributed by atoms with van der Waals surface area (Å²) in [6.07, 6.45) is 3.38. The first kappa shape index (κ1) is 44.4. The van der Waals surface area contributed by atoms with Crippen LogP contribution in [0.4, 0.5) is 0 Å². The van der Waals surface area contributed by atoms with E-state index in [4.69, 9.17) is 16.2 Å². The fourth-order valence-corrected chi connectivity index (χ4v) is 7.26. The van der Waals surface area contributed by atoms with Crippen molar-refractivity contribution in [2.45, 2.75) is 116 Å². The number of aliphatic hydroxyl groups is 1. The number of unbranched alkanes of at least 4 members (excludes halogenated alkanes) is 2. The van der Waals surface area contributed by atoms with Gasteiger partial charge in [-0.05, 0) is 73.8 Å². The Hall–Kier alpha value is -4.04. The number of hydrogen-bond acceptors (Lipinski definition) is 9. The van der Waals surface area contributed by atoms with Gasteiger partial charge >= 0.3 is 0 Å². The highest BCUT2D eigenvalue weighted by atomic mass is 35.5. The Morgan fingerprint density at radius 1 is 1.06 bits per heavy atom. The third-order valence-electron chi connectivity index (χ3n) is 9.55. The molecule has 3 aromatic rings. The Morgan fingerprint density at radius 2 is 1.78 bits per heavy atom. The molecular formula is C40H57ClN6O6S. The van der Waals surface area contributed by atoms with E-state index in [1.807, 2.05) is 88.7 Å². The number of hydrogen-bond donors (Lipinski definition) is 5. The summed E-state index contributed by atoms with van der Waals surface area (Å²) < 4.78 is 5.80. The molecule has 14 heteroatoms. The van der Waals surface area contributed by atoms with Crippen molar-refractivity contribution in [1.82, 2.24) is 20.5 Å². The number of halogens is 1. The molecular weight excluding hydrogens is 728 g/mol. The third-order valence-corrected chi connectivity index (χ3v) is 10.5. The van der Waals surface area contributed by atoms with E-state index in [1.165, 1.54) is 4.90 Å². The number of aliphatic hydroxyl groups excluding tert-OH is 1. The Bertz CT molecular complexity index is 1700. The standard InChI is InChI=1S/C40H56N6O6S.ClH/c1-25(28-14-16-29(17-15-28)36-26(2)43-24-53-36)44-38(50)33-21-31(47)22-46(33)39(51)37(40(3,4)5)45-35(49)13-8-6-7-10-27-11-9-12-32(20-27)52-23-30(41)18-19-34(42)48;/h9,11-12,14-17,20,24-25,30-31,33,37,47H,6-8,10,13,18-19,21-23,41H2,1-5H3,(H2,42,48)(H,44,50)(H,45,49);1H/t25-,30-,31+,33-,37+;/m0./s1. The van der Waals surface area contributed by atoms with Gasteiger partial charge in [0.1, 0.15) is 24.4 Å². The van der Waals surface area contributed by atoms with Gasteiger partial charge in [0.15, 0.2) is 0 Å². The number of likely N-dealkylation sites (tertiary alicyclic amines) is 1. The molecule has 2 aromatic carbocycles.